The molecule has 188 valence electrons. The van der Waals surface area contributed by atoms with Gasteiger partial charge in [-0.1, -0.05) is 30.3 Å². The van der Waals surface area contributed by atoms with Gasteiger partial charge in [0.2, 0.25) is 6.79 Å². The summed E-state index contributed by atoms with van der Waals surface area (Å²) in [6, 6.07) is 14.6. The molecule has 0 aliphatic carbocycles. The van der Waals surface area contributed by atoms with Crippen molar-refractivity contribution in [3.63, 3.8) is 0 Å². The van der Waals surface area contributed by atoms with Gasteiger partial charge in [-0.2, -0.15) is 0 Å². The molecule has 0 fully saturated rings. The van der Waals surface area contributed by atoms with Gasteiger partial charge in [-0.05, 0) is 50.7 Å². The second-order valence-corrected chi connectivity index (χ2v) is 9.30. The highest BCUT2D eigenvalue weighted by molar-refractivity contribution is 7.80. The number of hydrogen-bond donors (Lipinski definition) is 3. The molecule has 1 amide bonds. The van der Waals surface area contributed by atoms with Gasteiger partial charge >= 0.3 is 5.97 Å². The molecule has 0 spiro atoms. The lowest BCUT2D eigenvalue weighted by Gasteiger charge is -2.17. The van der Waals surface area contributed by atoms with Crippen molar-refractivity contribution in [2.45, 2.75) is 26.9 Å². The van der Waals surface area contributed by atoms with Gasteiger partial charge < -0.3 is 24.3 Å². The number of carbonyl (C=O) groups excluding carboxylic acids is 2. The average Bonchev–Trinajstić information content (AvgIpc) is 3.46. The van der Waals surface area contributed by atoms with E-state index in [4.69, 9.17) is 31.2 Å². The van der Waals surface area contributed by atoms with Crippen molar-refractivity contribution in [1.82, 2.24) is 10.9 Å². The summed E-state index contributed by atoms with van der Waals surface area (Å²) in [7, 11) is 0. The zero-order valence-electron chi connectivity index (χ0n) is 19.9. The topological polar surface area (TPSA) is 107 Å². The molecule has 0 radical (unpaired) electrons. The number of nitrogens with one attached hydrogen (secondary N) is 3. The van der Waals surface area contributed by atoms with Crippen LogP contribution in [0.2, 0.25) is 0 Å². The van der Waals surface area contributed by atoms with Crippen LogP contribution in [-0.2, 0) is 9.53 Å². The number of rotatable bonds is 7. The van der Waals surface area contributed by atoms with Crippen LogP contribution >= 0.6 is 23.6 Å². The number of anilines is 1. The Kier molecular flexibility index (Phi) is 7.91. The van der Waals surface area contributed by atoms with Crippen molar-refractivity contribution < 1.29 is 28.5 Å². The van der Waals surface area contributed by atoms with E-state index >= 15 is 0 Å². The molecule has 4 rings (SSSR count). The van der Waals surface area contributed by atoms with Gasteiger partial charge in [0, 0.05) is 16.5 Å². The Balaban J connectivity index is 1.40. The van der Waals surface area contributed by atoms with Crippen molar-refractivity contribution in [3.05, 3.63) is 59.0 Å². The third-order valence-corrected chi connectivity index (χ3v) is 6.40. The Morgan fingerprint density at radius 1 is 1.11 bits per heavy atom. The monoisotopic (exact) mass is 527 g/mol. The number of amides is 1. The largest absolute Gasteiger partial charge is 0.481 e. The van der Waals surface area contributed by atoms with Crippen LogP contribution in [0.4, 0.5) is 5.00 Å². The van der Waals surface area contributed by atoms with Gasteiger partial charge in [-0.15, -0.1) is 11.3 Å². The van der Waals surface area contributed by atoms with Gasteiger partial charge in [0.15, 0.2) is 22.7 Å². The lowest BCUT2D eigenvalue weighted by Crippen LogP contribution is -2.48. The minimum Gasteiger partial charge on any atom is -0.481 e. The maximum Gasteiger partial charge on any atom is 0.341 e. The fourth-order valence-electron chi connectivity index (χ4n) is 3.55. The summed E-state index contributed by atoms with van der Waals surface area (Å²) in [5, 5.41) is 3.62. The predicted octanol–water partition coefficient (Wildman–Crippen LogP) is 4.41. The molecule has 1 aliphatic heterocycles. The number of fused-ring (bicyclic) bond motifs is 1. The van der Waals surface area contributed by atoms with E-state index in [9.17, 15) is 9.59 Å². The first kappa shape index (κ1) is 25.3. The summed E-state index contributed by atoms with van der Waals surface area (Å²) in [4.78, 5) is 26.3. The molecule has 0 unspecified atom stereocenters. The normalized spacial score (nSPS) is 12.4. The Labute approximate surface area is 217 Å². The quantitative estimate of drug-likeness (QED) is 0.234. The summed E-state index contributed by atoms with van der Waals surface area (Å²) >= 11 is 6.72. The second kappa shape index (κ2) is 11.3. The molecule has 9 nitrogen and oxygen atoms in total. The lowest BCUT2D eigenvalue weighted by molar-refractivity contribution is -0.127. The van der Waals surface area contributed by atoms with Crippen molar-refractivity contribution in [3.8, 4) is 28.4 Å². The molecule has 11 heteroatoms. The van der Waals surface area contributed by atoms with Crippen LogP contribution in [0, 0.1) is 6.92 Å². The number of ether oxygens (including phenoxy) is 4. The number of esters is 1. The molecule has 2 heterocycles. The maximum absolute atomic E-state index is 12.8. The fourth-order valence-corrected chi connectivity index (χ4v) is 4.83. The van der Waals surface area contributed by atoms with E-state index in [0.717, 1.165) is 16.0 Å². The van der Waals surface area contributed by atoms with Crippen LogP contribution in [0.25, 0.3) is 11.1 Å². The molecule has 3 N–H and O–H groups in total. The molecular formula is C25H25N3O6S2. The van der Waals surface area contributed by atoms with Gasteiger partial charge in [0.25, 0.3) is 5.91 Å². The van der Waals surface area contributed by atoms with Gasteiger partial charge in [0.1, 0.15) is 16.3 Å². The van der Waals surface area contributed by atoms with E-state index in [1.165, 1.54) is 11.3 Å². The van der Waals surface area contributed by atoms with E-state index in [1.807, 2.05) is 37.3 Å². The summed E-state index contributed by atoms with van der Waals surface area (Å²) in [5.74, 6) is 0.737. The van der Waals surface area contributed by atoms with Crippen molar-refractivity contribution in [2.24, 2.45) is 0 Å². The number of carbonyl (C=O) groups is 2. The molecule has 0 bridgehead atoms. The minimum absolute atomic E-state index is 0.102. The predicted molar refractivity (Wildman–Crippen MR) is 141 cm³/mol. The van der Waals surface area contributed by atoms with Crippen molar-refractivity contribution in [1.29, 1.82) is 0 Å². The second-order valence-electron chi connectivity index (χ2n) is 7.67. The zero-order chi connectivity index (χ0) is 25.7. The van der Waals surface area contributed by atoms with Crippen LogP contribution in [0.15, 0.2) is 48.5 Å². The van der Waals surface area contributed by atoms with Crippen LogP contribution in [-0.4, -0.2) is 36.5 Å². The summed E-state index contributed by atoms with van der Waals surface area (Å²) in [5.41, 5.74) is 7.23. The first-order valence-electron chi connectivity index (χ1n) is 11.2. The Morgan fingerprint density at radius 3 is 2.61 bits per heavy atom. The Morgan fingerprint density at radius 2 is 1.86 bits per heavy atom. The van der Waals surface area contributed by atoms with Crippen molar-refractivity contribution >= 4 is 45.5 Å². The number of hydrazine groups is 1. The van der Waals surface area contributed by atoms with E-state index in [1.54, 1.807) is 32.0 Å². The third kappa shape index (κ3) is 5.69. The molecule has 0 saturated carbocycles. The van der Waals surface area contributed by atoms with E-state index in [-0.39, 0.29) is 18.5 Å². The third-order valence-electron chi connectivity index (χ3n) is 5.18. The van der Waals surface area contributed by atoms with Crippen LogP contribution in [0.5, 0.6) is 17.2 Å². The Bertz CT molecular complexity index is 1280. The minimum atomic E-state index is -0.829. The highest BCUT2D eigenvalue weighted by Gasteiger charge is 2.25. The first-order valence-corrected chi connectivity index (χ1v) is 12.4. The highest BCUT2D eigenvalue weighted by Crippen LogP contribution is 2.40. The number of thiophene rings is 1. The van der Waals surface area contributed by atoms with E-state index in [2.05, 4.69) is 16.2 Å². The van der Waals surface area contributed by atoms with Crippen LogP contribution in [0.3, 0.4) is 0 Å². The first-order chi connectivity index (χ1) is 17.4. The number of hydrogen-bond acceptors (Lipinski definition) is 8. The van der Waals surface area contributed by atoms with Gasteiger partial charge in [-0.3, -0.25) is 15.6 Å². The summed E-state index contributed by atoms with van der Waals surface area (Å²) in [6.45, 7) is 5.67. The Hall–Kier alpha value is -3.83. The fraction of sp³-hybridized carbons (Fsp3) is 0.240. The van der Waals surface area contributed by atoms with Gasteiger partial charge in [-0.25, -0.2) is 4.79 Å². The van der Waals surface area contributed by atoms with E-state index < -0.39 is 18.0 Å². The van der Waals surface area contributed by atoms with E-state index in [0.29, 0.717) is 27.8 Å². The molecule has 2 aromatic carbocycles. The highest BCUT2D eigenvalue weighted by atomic mass is 32.1. The molecule has 1 aliphatic rings. The SMILES string of the molecule is CCOC(=O)c1c(NC(=S)NNC(=O)[C@@H](C)Oc2ccc3c(c2)OCO3)sc(C)c1-c1ccccc1. The number of aryl methyl sites for hydroxylation is 1. The van der Waals surface area contributed by atoms with Gasteiger partial charge in [0.05, 0.1) is 6.61 Å². The summed E-state index contributed by atoms with van der Waals surface area (Å²) < 4.78 is 21.6. The van der Waals surface area contributed by atoms with Crippen LogP contribution in [0.1, 0.15) is 29.1 Å². The molecular weight excluding hydrogens is 502 g/mol. The maximum atomic E-state index is 12.8. The standard InChI is InChI=1S/C25H25N3O6S2/c1-4-31-24(30)21-20(16-8-6-5-7-9-16)15(3)36-23(21)26-25(35)28-27-22(29)14(2)34-17-10-11-18-19(12-17)33-13-32-18/h5-12,14H,4,13H2,1-3H3,(H,27,29)(H2,26,28,35)/t14-/m1/s1. The zero-order valence-corrected chi connectivity index (χ0v) is 21.5. The smallest absolute Gasteiger partial charge is 0.341 e. The van der Waals surface area contributed by atoms with Crippen molar-refractivity contribution in [2.75, 3.05) is 18.7 Å². The molecule has 36 heavy (non-hydrogen) atoms. The number of thiocarbonyl (C=S) groups is 1. The molecule has 3 aromatic rings. The lowest BCUT2D eigenvalue weighted by atomic mass is 10.0. The molecule has 0 saturated heterocycles. The average molecular weight is 528 g/mol. The molecule has 1 atom stereocenters. The van der Waals surface area contributed by atoms with Crippen LogP contribution < -0.4 is 30.4 Å². The molecule has 1 aromatic heterocycles. The number of benzene rings is 2. The summed E-state index contributed by atoms with van der Waals surface area (Å²) in [6.07, 6.45) is -0.829.